The molecule has 2 aromatic heterocycles. The predicted octanol–water partition coefficient (Wildman–Crippen LogP) is 4.28. The molecule has 0 aliphatic carbocycles. The minimum absolute atomic E-state index is 0.0411. The van der Waals surface area contributed by atoms with E-state index in [1.54, 1.807) is 12.5 Å². The molecule has 0 radical (unpaired) electrons. The molecule has 7 heteroatoms. The summed E-state index contributed by atoms with van der Waals surface area (Å²) >= 11 is 0. The summed E-state index contributed by atoms with van der Waals surface area (Å²) in [5, 5.41) is 3.21. The minimum Gasteiger partial charge on any atom is -0.354 e. The van der Waals surface area contributed by atoms with Gasteiger partial charge >= 0.3 is 0 Å². The summed E-state index contributed by atoms with van der Waals surface area (Å²) in [6.45, 7) is 4.65. The van der Waals surface area contributed by atoms with Crippen LogP contribution in [0, 0.1) is 0 Å². The zero-order chi connectivity index (χ0) is 23.6. The van der Waals surface area contributed by atoms with Crippen molar-refractivity contribution < 1.29 is 4.79 Å². The first kappa shape index (κ1) is 24.1. The lowest BCUT2D eigenvalue weighted by molar-refractivity contribution is -0.127. The molecule has 1 N–H and O–H groups in total. The minimum atomic E-state index is -0.393. The molecule has 1 unspecified atom stereocenters. The van der Waals surface area contributed by atoms with E-state index < -0.39 is 6.04 Å². The third kappa shape index (κ3) is 6.50. The molecule has 1 atom stereocenters. The highest BCUT2D eigenvalue weighted by Crippen LogP contribution is 2.25. The van der Waals surface area contributed by atoms with Crippen LogP contribution in [-0.4, -0.2) is 50.0 Å². The SMILES string of the molecule is CCCc1cc(C(C(=O)NCCCCc2ccccc2)N2CCCCC2)nc(-n2ccnc2)n1. The maximum Gasteiger partial charge on any atom is 0.243 e. The average Bonchev–Trinajstić information content (AvgIpc) is 3.41. The molecule has 0 saturated carbocycles. The Kier molecular flexibility index (Phi) is 8.79. The summed E-state index contributed by atoms with van der Waals surface area (Å²) in [6.07, 6.45) is 13.6. The highest BCUT2D eigenvalue weighted by Gasteiger charge is 2.30. The Morgan fingerprint density at radius 1 is 1.06 bits per heavy atom. The van der Waals surface area contributed by atoms with Crippen LogP contribution in [0.25, 0.3) is 5.95 Å². The van der Waals surface area contributed by atoms with E-state index in [1.807, 2.05) is 22.9 Å². The van der Waals surface area contributed by atoms with E-state index in [2.05, 4.69) is 46.4 Å². The summed E-state index contributed by atoms with van der Waals surface area (Å²) in [6, 6.07) is 12.1. The Morgan fingerprint density at radius 3 is 2.62 bits per heavy atom. The molecule has 3 heterocycles. The fourth-order valence-corrected chi connectivity index (χ4v) is 4.59. The van der Waals surface area contributed by atoms with Crippen molar-refractivity contribution in [3.05, 3.63) is 72.1 Å². The number of rotatable bonds is 11. The summed E-state index contributed by atoms with van der Waals surface area (Å²) in [5.74, 6) is 0.621. The monoisotopic (exact) mass is 460 g/mol. The molecule has 1 aliphatic rings. The summed E-state index contributed by atoms with van der Waals surface area (Å²) < 4.78 is 1.82. The molecule has 180 valence electrons. The van der Waals surface area contributed by atoms with E-state index in [0.29, 0.717) is 12.5 Å². The lowest BCUT2D eigenvalue weighted by atomic mass is 10.0. The molecule has 3 aromatic rings. The van der Waals surface area contributed by atoms with Gasteiger partial charge in [0.25, 0.3) is 0 Å². The van der Waals surface area contributed by atoms with Gasteiger partial charge in [-0.05, 0) is 63.2 Å². The van der Waals surface area contributed by atoms with Gasteiger partial charge < -0.3 is 5.32 Å². The van der Waals surface area contributed by atoms with Crippen molar-refractivity contribution in [3.8, 4) is 5.95 Å². The number of nitrogens with one attached hydrogen (secondary N) is 1. The van der Waals surface area contributed by atoms with Crippen LogP contribution in [0.15, 0.2) is 55.1 Å². The van der Waals surface area contributed by atoms with E-state index >= 15 is 0 Å². The number of benzene rings is 1. The number of imidazole rings is 1. The fourth-order valence-electron chi connectivity index (χ4n) is 4.59. The normalized spacial score (nSPS) is 15.2. The number of piperidine rings is 1. The van der Waals surface area contributed by atoms with Gasteiger partial charge in [0, 0.05) is 24.6 Å². The van der Waals surface area contributed by atoms with E-state index in [4.69, 9.17) is 9.97 Å². The maximum atomic E-state index is 13.5. The lowest BCUT2D eigenvalue weighted by Crippen LogP contribution is -2.43. The zero-order valence-corrected chi connectivity index (χ0v) is 20.2. The maximum absolute atomic E-state index is 13.5. The van der Waals surface area contributed by atoms with Crippen molar-refractivity contribution in [2.24, 2.45) is 0 Å². The molecule has 4 rings (SSSR count). The second-order valence-corrected chi connectivity index (χ2v) is 9.04. The van der Waals surface area contributed by atoms with Crippen molar-refractivity contribution in [2.45, 2.75) is 64.3 Å². The summed E-state index contributed by atoms with van der Waals surface area (Å²) in [5.41, 5.74) is 3.09. The molecule has 34 heavy (non-hydrogen) atoms. The van der Waals surface area contributed by atoms with Crippen LogP contribution in [0.3, 0.4) is 0 Å². The number of aromatic nitrogens is 4. The van der Waals surface area contributed by atoms with Crippen LogP contribution in [-0.2, 0) is 17.6 Å². The van der Waals surface area contributed by atoms with Gasteiger partial charge in [-0.2, -0.15) is 0 Å². The lowest BCUT2D eigenvalue weighted by Gasteiger charge is -2.33. The number of aryl methyl sites for hydroxylation is 2. The highest BCUT2D eigenvalue weighted by molar-refractivity contribution is 5.82. The van der Waals surface area contributed by atoms with Crippen molar-refractivity contribution >= 4 is 5.91 Å². The first-order valence-electron chi connectivity index (χ1n) is 12.7. The Morgan fingerprint density at radius 2 is 1.88 bits per heavy atom. The van der Waals surface area contributed by atoms with Crippen LogP contribution in [0.5, 0.6) is 0 Å². The van der Waals surface area contributed by atoms with Crippen molar-refractivity contribution in [2.75, 3.05) is 19.6 Å². The molecular formula is C27H36N6O. The zero-order valence-electron chi connectivity index (χ0n) is 20.2. The largest absolute Gasteiger partial charge is 0.354 e. The first-order chi connectivity index (χ1) is 16.7. The van der Waals surface area contributed by atoms with Gasteiger partial charge in [0.2, 0.25) is 11.9 Å². The number of hydrogen-bond acceptors (Lipinski definition) is 5. The van der Waals surface area contributed by atoms with Crippen molar-refractivity contribution in [1.82, 2.24) is 29.7 Å². The molecule has 1 fully saturated rings. The second kappa shape index (κ2) is 12.4. The van der Waals surface area contributed by atoms with Crippen molar-refractivity contribution in [3.63, 3.8) is 0 Å². The van der Waals surface area contributed by atoms with E-state index in [9.17, 15) is 4.79 Å². The number of carbonyl (C=O) groups is 1. The topological polar surface area (TPSA) is 75.9 Å². The molecule has 1 amide bonds. The molecular weight excluding hydrogens is 424 g/mol. The van der Waals surface area contributed by atoms with E-state index in [0.717, 1.165) is 69.4 Å². The Labute approximate surface area is 202 Å². The van der Waals surface area contributed by atoms with Crippen LogP contribution in [0.4, 0.5) is 0 Å². The molecule has 1 aliphatic heterocycles. The number of carbonyl (C=O) groups excluding carboxylic acids is 1. The van der Waals surface area contributed by atoms with Crippen molar-refractivity contribution in [1.29, 1.82) is 0 Å². The van der Waals surface area contributed by atoms with Gasteiger partial charge in [-0.15, -0.1) is 0 Å². The van der Waals surface area contributed by atoms with Gasteiger partial charge in [0.15, 0.2) is 0 Å². The molecule has 0 bridgehead atoms. The predicted molar refractivity (Wildman–Crippen MR) is 134 cm³/mol. The quantitative estimate of drug-likeness (QED) is 0.432. The van der Waals surface area contributed by atoms with E-state index in [-0.39, 0.29) is 5.91 Å². The van der Waals surface area contributed by atoms with Gasteiger partial charge in [0.05, 0.1) is 5.69 Å². The van der Waals surface area contributed by atoms with Gasteiger partial charge in [-0.3, -0.25) is 14.3 Å². The molecule has 7 nitrogen and oxygen atoms in total. The average molecular weight is 461 g/mol. The Bertz CT molecular complexity index is 1010. The molecule has 1 saturated heterocycles. The summed E-state index contributed by atoms with van der Waals surface area (Å²) in [4.78, 5) is 29.5. The number of amides is 1. The number of unbranched alkanes of at least 4 members (excludes halogenated alkanes) is 1. The molecule has 1 aromatic carbocycles. The van der Waals surface area contributed by atoms with Gasteiger partial charge in [-0.1, -0.05) is 50.1 Å². The fraction of sp³-hybridized carbons (Fsp3) is 0.481. The second-order valence-electron chi connectivity index (χ2n) is 9.04. The third-order valence-corrected chi connectivity index (χ3v) is 6.35. The van der Waals surface area contributed by atoms with E-state index in [1.165, 1.54) is 12.0 Å². The first-order valence-corrected chi connectivity index (χ1v) is 12.7. The summed E-state index contributed by atoms with van der Waals surface area (Å²) in [7, 11) is 0. The molecule has 0 spiro atoms. The number of likely N-dealkylation sites (tertiary alicyclic amines) is 1. The van der Waals surface area contributed by atoms with Crippen LogP contribution in [0.2, 0.25) is 0 Å². The smallest absolute Gasteiger partial charge is 0.243 e. The van der Waals surface area contributed by atoms with Crippen LogP contribution >= 0.6 is 0 Å². The third-order valence-electron chi connectivity index (χ3n) is 6.35. The standard InChI is InChI=1S/C27H36N6O/c1-2-11-23-20-24(31-27(30-23)33-19-16-28-21-33)25(32-17-9-4-10-18-32)26(34)29-15-8-7-14-22-12-5-3-6-13-22/h3,5-6,12-13,16,19-21,25H,2,4,7-11,14-15,17-18H2,1H3,(H,29,34). The Hall–Kier alpha value is -3.06. The Balaban J connectivity index is 1.48. The number of nitrogens with zero attached hydrogens (tertiary/aromatic N) is 5. The number of hydrogen-bond donors (Lipinski definition) is 1. The van der Waals surface area contributed by atoms with Gasteiger partial charge in [-0.25, -0.2) is 15.0 Å². The van der Waals surface area contributed by atoms with Crippen LogP contribution in [0.1, 0.15) is 68.4 Å². The van der Waals surface area contributed by atoms with Crippen LogP contribution < -0.4 is 5.32 Å². The van der Waals surface area contributed by atoms with Gasteiger partial charge in [0.1, 0.15) is 12.4 Å². The highest BCUT2D eigenvalue weighted by atomic mass is 16.2.